The molecule has 0 spiro atoms. The van der Waals surface area contributed by atoms with E-state index in [0.717, 1.165) is 21.5 Å². The molecular weight excluding hydrogens is 398 g/mol. The molecule has 0 aliphatic rings. The van der Waals surface area contributed by atoms with Crippen molar-refractivity contribution in [3.8, 4) is 22.8 Å². The Morgan fingerprint density at radius 3 is 2.57 bits per heavy atom. The van der Waals surface area contributed by atoms with Gasteiger partial charge >= 0.3 is 6.01 Å². The highest BCUT2D eigenvalue weighted by atomic mass is 32.1. The van der Waals surface area contributed by atoms with Gasteiger partial charge in [0.05, 0.1) is 21.8 Å². The van der Waals surface area contributed by atoms with E-state index in [1.807, 2.05) is 66.9 Å². The number of anilines is 1. The van der Waals surface area contributed by atoms with E-state index in [4.69, 9.17) is 9.40 Å². The molecule has 30 heavy (non-hydrogen) atoms. The van der Waals surface area contributed by atoms with Gasteiger partial charge in [-0.15, -0.1) is 16.4 Å². The summed E-state index contributed by atoms with van der Waals surface area (Å²) in [6.45, 7) is 1.89. The molecule has 0 saturated heterocycles. The fourth-order valence-electron chi connectivity index (χ4n) is 3.12. The highest BCUT2D eigenvalue weighted by Gasteiger charge is 2.18. The van der Waals surface area contributed by atoms with E-state index in [0.29, 0.717) is 17.0 Å². The monoisotopic (exact) mass is 413 g/mol. The standard InChI is InChI=1S/C22H15N5O2S/c1-13-23-19(12-30-13)21-26-27-22(29-21)25-20(28)16-11-18(14-7-3-2-4-8-14)24-17-10-6-5-9-15(16)17/h2-12H,1H3,(H,25,27,28). The topological polar surface area (TPSA) is 93.8 Å². The number of hydrogen-bond acceptors (Lipinski definition) is 7. The normalized spacial score (nSPS) is 11.0. The van der Waals surface area contributed by atoms with Crippen LogP contribution < -0.4 is 5.32 Å². The highest BCUT2D eigenvalue weighted by Crippen LogP contribution is 2.26. The number of para-hydroxylation sites is 1. The Morgan fingerprint density at radius 1 is 0.967 bits per heavy atom. The van der Waals surface area contributed by atoms with Crippen molar-refractivity contribution in [2.45, 2.75) is 6.92 Å². The minimum Gasteiger partial charge on any atom is -0.401 e. The van der Waals surface area contributed by atoms with E-state index in [1.54, 1.807) is 6.07 Å². The van der Waals surface area contributed by atoms with Crippen LogP contribution in [0, 0.1) is 6.92 Å². The number of nitrogens with one attached hydrogen (secondary N) is 1. The zero-order valence-electron chi connectivity index (χ0n) is 15.9. The van der Waals surface area contributed by atoms with Crippen molar-refractivity contribution in [2.75, 3.05) is 5.32 Å². The van der Waals surface area contributed by atoms with E-state index in [1.165, 1.54) is 11.3 Å². The lowest BCUT2D eigenvalue weighted by Gasteiger charge is -2.09. The van der Waals surface area contributed by atoms with Gasteiger partial charge in [0.15, 0.2) is 0 Å². The zero-order chi connectivity index (χ0) is 20.5. The Kier molecular flexibility index (Phi) is 4.53. The summed E-state index contributed by atoms with van der Waals surface area (Å²) in [5, 5.41) is 14.1. The molecule has 5 rings (SSSR count). The van der Waals surface area contributed by atoms with Crippen LogP contribution in [0.15, 0.2) is 70.5 Å². The predicted octanol–water partition coefficient (Wildman–Crippen LogP) is 4.97. The van der Waals surface area contributed by atoms with Gasteiger partial charge in [-0.2, -0.15) is 0 Å². The number of hydrogen-bond donors (Lipinski definition) is 1. The number of fused-ring (bicyclic) bond motifs is 1. The first kappa shape index (κ1) is 18.1. The van der Waals surface area contributed by atoms with Gasteiger partial charge in [-0.05, 0) is 19.1 Å². The summed E-state index contributed by atoms with van der Waals surface area (Å²) in [6.07, 6.45) is 0. The fraction of sp³-hybridized carbons (Fsp3) is 0.0455. The Bertz CT molecular complexity index is 1360. The van der Waals surface area contributed by atoms with Crippen molar-refractivity contribution >= 4 is 34.2 Å². The first-order valence-electron chi connectivity index (χ1n) is 9.20. The van der Waals surface area contributed by atoms with Crippen molar-refractivity contribution in [1.82, 2.24) is 20.2 Å². The van der Waals surface area contributed by atoms with Crippen LogP contribution in [-0.4, -0.2) is 26.1 Å². The molecule has 0 aliphatic heterocycles. The second-order valence-corrected chi connectivity index (χ2v) is 7.62. The number of carbonyl (C=O) groups is 1. The molecule has 0 atom stereocenters. The van der Waals surface area contributed by atoms with Gasteiger partial charge in [0.2, 0.25) is 0 Å². The summed E-state index contributed by atoms with van der Waals surface area (Å²) in [4.78, 5) is 22.1. The van der Waals surface area contributed by atoms with Gasteiger partial charge in [0.25, 0.3) is 11.8 Å². The van der Waals surface area contributed by atoms with Crippen molar-refractivity contribution in [3.63, 3.8) is 0 Å². The average molecular weight is 413 g/mol. The highest BCUT2D eigenvalue weighted by molar-refractivity contribution is 7.09. The number of carbonyl (C=O) groups excluding carboxylic acids is 1. The van der Waals surface area contributed by atoms with Crippen LogP contribution in [0.2, 0.25) is 0 Å². The van der Waals surface area contributed by atoms with E-state index in [2.05, 4.69) is 20.5 Å². The summed E-state index contributed by atoms with van der Waals surface area (Å²) in [7, 11) is 0. The van der Waals surface area contributed by atoms with E-state index in [9.17, 15) is 4.79 Å². The van der Waals surface area contributed by atoms with Gasteiger partial charge in [-0.3, -0.25) is 10.1 Å². The summed E-state index contributed by atoms with van der Waals surface area (Å²) in [5.41, 5.74) is 3.43. The predicted molar refractivity (Wildman–Crippen MR) is 115 cm³/mol. The molecule has 0 bridgehead atoms. The number of benzene rings is 2. The molecule has 5 aromatic rings. The second-order valence-electron chi connectivity index (χ2n) is 6.56. The Morgan fingerprint density at radius 2 is 1.77 bits per heavy atom. The summed E-state index contributed by atoms with van der Waals surface area (Å²) in [5.74, 6) is -0.0883. The van der Waals surface area contributed by atoms with Gasteiger partial charge in [-0.1, -0.05) is 53.6 Å². The fourth-order valence-corrected chi connectivity index (χ4v) is 3.71. The molecule has 3 aromatic heterocycles. The molecule has 0 saturated carbocycles. The number of aromatic nitrogens is 4. The maximum atomic E-state index is 13.1. The molecule has 0 fully saturated rings. The van der Waals surface area contributed by atoms with Gasteiger partial charge in [0, 0.05) is 16.3 Å². The van der Waals surface area contributed by atoms with Crippen molar-refractivity contribution in [2.24, 2.45) is 0 Å². The van der Waals surface area contributed by atoms with Crippen LogP contribution in [0.3, 0.4) is 0 Å². The second kappa shape index (κ2) is 7.49. The van der Waals surface area contributed by atoms with Crippen molar-refractivity contribution in [3.05, 3.63) is 76.6 Å². The summed E-state index contributed by atoms with van der Waals surface area (Å²) >= 11 is 1.49. The van der Waals surface area contributed by atoms with Crippen LogP contribution in [-0.2, 0) is 0 Å². The largest absolute Gasteiger partial charge is 0.401 e. The molecule has 2 aromatic carbocycles. The van der Waals surface area contributed by atoms with Crippen molar-refractivity contribution < 1.29 is 9.21 Å². The molecule has 8 heteroatoms. The molecule has 7 nitrogen and oxygen atoms in total. The molecular formula is C22H15N5O2S. The van der Waals surface area contributed by atoms with E-state index in [-0.39, 0.29) is 17.8 Å². The molecule has 146 valence electrons. The third-order valence-electron chi connectivity index (χ3n) is 4.51. The van der Waals surface area contributed by atoms with Gasteiger partial charge in [-0.25, -0.2) is 9.97 Å². The number of amides is 1. The maximum Gasteiger partial charge on any atom is 0.322 e. The molecule has 1 N–H and O–H groups in total. The maximum absolute atomic E-state index is 13.1. The molecule has 3 heterocycles. The lowest BCUT2D eigenvalue weighted by Crippen LogP contribution is -2.13. The molecule has 0 radical (unpaired) electrons. The van der Waals surface area contributed by atoms with E-state index >= 15 is 0 Å². The lowest BCUT2D eigenvalue weighted by molar-refractivity contribution is 0.102. The minimum atomic E-state index is -0.351. The Labute approximate surface area is 175 Å². The third kappa shape index (κ3) is 3.44. The summed E-state index contributed by atoms with van der Waals surface area (Å²) in [6, 6.07) is 19.0. The lowest BCUT2D eigenvalue weighted by atomic mass is 10.0. The number of rotatable bonds is 4. The van der Waals surface area contributed by atoms with E-state index < -0.39 is 0 Å². The Hall–Kier alpha value is -3.91. The first-order chi connectivity index (χ1) is 14.7. The zero-order valence-corrected chi connectivity index (χ0v) is 16.7. The van der Waals surface area contributed by atoms with Gasteiger partial charge in [0.1, 0.15) is 5.69 Å². The molecule has 1 amide bonds. The first-order valence-corrected chi connectivity index (χ1v) is 10.1. The van der Waals surface area contributed by atoms with Crippen LogP contribution in [0.5, 0.6) is 0 Å². The minimum absolute atomic E-state index is 0.0165. The third-order valence-corrected chi connectivity index (χ3v) is 5.29. The van der Waals surface area contributed by atoms with Crippen LogP contribution >= 0.6 is 11.3 Å². The van der Waals surface area contributed by atoms with Crippen molar-refractivity contribution in [1.29, 1.82) is 0 Å². The number of aryl methyl sites for hydroxylation is 1. The van der Waals surface area contributed by atoms with Crippen LogP contribution in [0.4, 0.5) is 6.01 Å². The van der Waals surface area contributed by atoms with Crippen LogP contribution in [0.1, 0.15) is 15.4 Å². The smallest absolute Gasteiger partial charge is 0.322 e. The quantitative estimate of drug-likeness (QED) is 0.447. The number of pyridine rings is 1. The SMILES string of the molecule is Cc1nc(-c2nnc(NC(=O)c3cc(-c4ccccc4)nc4ccccc34)o2)cs1. The van der Waals surface area contributed by atoms with Gasteiger partial charge < -0.3 is 4.42 Å². The number of thiazole rings is 1. The molecule has 0 unspecified atom stereocenters. The Balaban J connectivity index is 1.51. The number of nitrogens with zero attached hydrogens (tertiary/aromatic N) is 4. The average Bonchev–Trinajstić information content (AvgIpc) is 3.42. The molecule has 0 aliphatic carbocycles. The summed E-state index contributed by atoms with van der Waals surface area (Å²) < 4.78 is 5.58. The van der Waals surface area contributed by atoms with Crippen LogP contribution in [0.25, 0.3) is 33.7 Å².